The Bertz CT molecular complexity index is 785. The van der Waals surface area contributed by atoms with Crippen molar-refractivity contribution in [3.8, 4) is 11.5 Å². The highest BCUT2D eigenvalue weighted by Crippen LogP contribution is 2.26. The third-order valence-corrected chi connectivity index (χ3v) is 3.62. The maximum absolute atomic E-state index is 12.6. The molecule has 6 nitrogen and oxygen atoms in total. The van der Waals surface area contributed by atoms with E-state index in [0.29, 0.717) is 34.9 Å². The normalized spacial score (nSPS) is 10.2. The third-order valence-electron chi connectivity index (χ3n) is 3.62. The van der Waals surface area contributed by atoms with Crippen molar-refractivity contribution in [2.45, 2.75) is 20.3 Å². The number of methoxy groups -OCH3 is 1. The van der Waals surface area contributed by atoms with Gasteiger partial charge in [-0.05, 0) is 43.2 Å². The molecule has 1 amide bonds. The minimum atomic E-state index is -1.04. The lowest BCUT2D eigenvalue weighted by atomic mass is 10.1. The molecule has 0 aromatic heterocycles. The van der Waals surface area contributed by atoms with E-state index in [1.54, 1.807) is 44.4 Å². The Kier molecular flexibility index (Phi) is 6.00. The van der Waals surface area contributed by atoms with Crippen LogP contribution in [0.4, 0.5) is 5.69 Å². The minimum absolute atomic E-state index is 0.148. The van der Waals surface area contributed by atoms with Gasteiger partial charge in [-0.3, -0.25) is 4.79 Å². The Morgan fingerprint density at radius 1 is 1.12 bits per heavy atom. The van der Waals surface area contributed by atoms with Crippen LogP contribution in [0, 0.1) is 6.92 Å². The molecule has 0 bridgehead atoms. The number of aryl methyl sites for hydroxylation is 1. The number of amides is 1. The summed E-state index contributed by atoms with van der Waals surface area (Å²) >= 11 is 0. The number of carboxylic acids is 1. The molecule has 0 saturated carbocycles. The topological polar surface area (TPSA) is 84.9 Å². The summed E-state index contributed by atoms with van der Waals surface area (Å²) in [4.78, 5) is 23.8. The standard InChI is InChI=1S/C19H21NO5/c1-4-9-25-17-11-14(24-3)7-8-15(17)18(21)20-13-6-5-12(2)16(10-13)19(22)23/h5-8,10-11H,4,9H2,1-3H3,(H,20,21)(H,22,23). The van der Waals surface area contributed by atoms with Crippen molar-refractivity contribution in [3.05, 3.63) is 53.1 Å². The summed E-state index contributed by atoms with van der Waals surface area (Å²) in [6.45, 7) is 4.15. The van der Waals surface area contributed by atoms with Crippen molar-refractivity contribution in [2.24, 2.45) is 0 Å². The number of ether oxygens (including phenoxy) is 2. The number of anilines is 1. The molecule has 0 spiro atoms. The van der Waals surface area contributed by atoms with Crippen LogP contribution in [0.5, 0.6) is 11.5 Å². The first kappa shape index (κ1) is 18.3. The van der Waals surface area contributed by atoms with Crippen LogP contribution in [0.15, 0.2) is 36.4 Å². The number of carboxylic acid groups (broad SMARTS) is 1. The van der Waals surface area contributed by atoms with Gasteiger partial charge in [0.1, 0.15) is 11.5 Å². The summed E-state index contributed by atoms with van der Waals surface area (Å²) in [5.74, 6) is -0.408. The number of benzene rings is 2. The van der Waals surface area contributed by atoms with Gasteiger partial charge < -0.3 is 19.9 Å². The van der Waals surface area contributed by atoms with Crippen LogP contribution in [0.3, 0.4) is 0 Å². The van der Waals surface area contributed by atoms with E-state index >= 15 is 0 Å². The van der Waals surface area contributed by atoms with Crippen molar-refractivity contribution >= 4 is 17.6 Å². The van der Waals surface area contributed by atoms with E-state index in [4.69, 9.17) is 9.47 Å². The molecular formula is C19H21NO5. The third kappa shape index (κ3) is 4.50. The summed E-state index contributed by atoms with van der Waals surface area (Å²) < 4.78 is 10.8. The highest BCUT2D eigenvalue weighted by atomic mass is 16.5. The van der Waals surface area contributed by atoms with E-state index in [-0.39, 0.29) is 11.5 Å². The summed E-state index contributed by atoms with van der Waals surface area (Å²) in [6.07, 6.45) is 0.804. The molecule has 2 aromatic rings. The maximum atomic E-state index is 12.6. The van der Waals surface area contributed by atoms with Gasteiger partial charge in [-0.15, -0.1) is 0 Å². The number of carbonyl (C=O) groups excluding carboxylic acids is 1. The molecule has 132 valence electrons. The van der Waals surface area contributed by atoms with Crippen molar-refractivity contribution in [1.29, 1.82) is 0 Å². The lowest BCUT2D eigenvalue weighted by Gasteiger charge is -2.13. The monoisotopic (exact) mass is 343 g/mol. The van der Waals surface area contributed by atoms with Crippen LogP contribution in [0.25, 0.3) is 0 Å². The van der Waals surface area contributed by atoms with Crippen LogP contribution >= 0.6 is 0 Å². The van der Waals surface area contributed by atoms with Crippen LogP contribution in [-0.4, -0.2) is 30.7 Å². The number of nitrogens with one attached hydrogen (secondary N) is 1. The number of hydrogen-bond donors (Lipinski definition) is 2. The second-order valence-electron chi connectivity index (χ2n) is 5.50. The molecule has 0 atom stereocenters. The molecule has 2 rings (SSSR count). The molecule has 0 saturated heterocycles. The number of carbonyl (C=O) groups is 2. The summed E-state index contributed by atoms with van der Waals surface area (Å²) in [5.41, 5.74) is 1.54. The van der Waals surface area contributed by atoms with Crippen molar-refractivity contribution in [2.75, 3.05) is 19.0 Å². The lowest BCUT2D eigenvalue weighted by molar-refractivity contribution is 0.0695. The molecule has 0 fully saturated rings. The predicted octanol–water partition coefficient (Wildman–Crippen LogP) is 3.74. The van der Waals surface area contributed by atoms with Crippen molar-refractivity contribution < 1.29 is 24.2 Å². The van der Waals surface area contributed by atoms with Crippen LogP contribution in [-0.2, 0) is 0 Å². The van der Waals surface area contributed by atoms with E-state index in [1.165, 1.54) is 6.07 Å². The second-order valence-corrected chi connectivity index (χ2v) is 5.50. The Labute approximate surface area is 146 Å². The fourth-order valence-electron chi connectivity index (χ4n) is 2.28. The molecule has 0 aliphatic carbocycles. The van der Waals surface area contributed by atoms with Gasteiger partial charge in [-0.25, -0.2) is 4.79 Å². The Morgan fingerprint density at radius 3 is 2.52 bits per heavy atom. The molecule has 0 heterocycles. The first-order valence-corrected chi connectivity index (χ1v) is 7.92. The molecule has 25 heavy (non-hydrogen) atoms. The smallest absolute Gasteiger partial charge is 0.336 e. The van der Waals surface area contributed by atoms with Gasteiger partial charge >= 0.3 is 5.97 Å². The van der Waals surface area contributed by atoms with Gasteiger partial charge in [0, 0.05) is 11.8 Å². The second kappa shape index (κ2) is 8.19. The summed E-state index contributed by atoms with van der Waals surface area (Å²) in [6, 6.07) is 9.70. The molecule has 6 heteroatoms. The van der Waals surface area contributed by atoms with E-state index in [1.807, 2.05) is 6.92 Å². The maximum Gasteiger partial charge on any atom is 0.336 e. The van der Waals surface area contributed by atoms with Gasteiger partial charge in [-0.1, -0.05) is 13.0 Å². The van der Waals surface area contributed by atoms with Gasteiger partial charge in [-0.2, -0.15) is 0 Å². The first-order chi connectivity index (χ1) is 12.0. The van der Waals surface area contributed by atoms with Gasteiger partial charge in [0.2, 0.25) is 0 Å². The zero-order valence-electron chi connectivity index (χ0n) is 14.5. The number of rotatable bonds is 7. The molecule has 0 aliphatic rings. The fourth-order valence-corrected chi connectivity index (χ4v) is 2.28. The minimum Gasteiger partial charge on any atom is -0.497 e. The van der Waals surface area contributed by atoms with Gasteiger partial charge in [0.25, 0.3) is 5.91 Å². The molecule has 2 aromatic carbocycles. The average molecular weight is 343 g/mol. The average Bonchev–Trinajstić information content (AvgIpc) is 2.60. The zero-order valence-corrected chi connectivity index (χ0v) is 14.5. The van der Waals surface area contributed by atoms with Crippen LogP contribution < -0.4 is 14.8 Å². The van der Waals surface area contributed by atoms with Crippen LogP contribution in [0.2, 0.25) is 0 Å². The quantitative estimate of drug-likeness (QED) is 0.800. The molecule has 0 unspecified atom stereocenters. The molecule has 0 aliphatic heterocycles. The Balaban J connectivity index is 2.28. The first-order valence-electron chi connectivity index (χ1n) is 7.92. The van der Waals surface area contributed by atoms with E-state index < -0.39 is 5.97 Å². The summed E-state index contributed by atoms with van der Waals surface area (Å²) in [5, 5.41) is 11.9. The Morgan fingerprint density at radius 2 is 1.88 bits per heavy atom. The number of aromatic carboxylic acids is 1. The van der Waals surface area contributed by atoms with E-state index in [9.17, 15) is 14.7 Å². The lowest BCUT2D eigenvalue weighted by Crippen LogP contribution is -2.14. The molecule has 2 N–H and O–H groups in total. The predicted molar refractivity (Wildman–Crippen MR) is 94.9 cm³/mol. The van der Waals surface area contributed by atoms with Crippen molar-refractivity contribution in [3.63, 3.8) is 0 Å². The summed E-state index contributed by atoms with van der Waals surface area (Å²) in [7, 11) is 1.54. The molecule has 0 radical (unpaired) electrons. The fraction of sp³-hybridized carbons (Fsp3) is 0.263. The van der Waals surface area contributed by atoms with E-state index in [2.05, 4.69) is 5.32 Å². The highest BCUT2D eigenvalue weighted by molar-refractivity contribution is 6.06. The SMILES string of the molecule is CCCOc1cc(OC)ccc1C(=O)Nc1ccc(C)c(C(=O)O)c1. The van der Waals surface area contributed by atoms with Crippen LogP contribution in [0.1, 0.15) is 39.6 Å². The largest absolute Gasteiger partial charge is 0.497 e. The highest BCUT2D eigenvalue weighted by Gasteiger charge is 2.15. The van der Waals surface area contributed by atoms with E-state index in [0.717, 1.165) is 6.42 Å². The van der Waals surface area contributed by atoms with Gasteiger partial charge in [0.05, 0.1) is 24.8 Å². The molecular weight excluding hydrogens is 322 g/mol. The van der Waals surface area contributed by atoms with Gasteiger partial charge in [0.15, 0.2) is 0 Å². The number of hydrogen-bond acceptors (Lipinski definition) is 4. The van der Waals surface area contributed by atoms with Crippen molar-refractivity contribution in [1.82, 2.24) is 0 Å². The Hall–Kier alpha value is -3.02. The zero-order chi connectivity index (χ0) is 18.4.